The second-order valence-corrected chi connectivity index (χ2v) is 12.1. The van der Waals surface area contributed by atoms with Gasteiger partial charge >= 0.3 is 0 Å². The van der Waals surface area contributed by atoms with Crippen LogP contribution in [0.2, 0.25) is 0 Å². The van der Waals surface area contributed by atoms with Crippen molar-refractivity contribution in [3.05, 3.63) is 140 Å². The minimum absolute atomic E-state index is 0.653. The largest absolute Gasteiger partial charge is 0.456 e. The predicted octanol–water partition coefficient (Wildman–Crippen LogP) is 11.1. The van der Waals surface area contributed by atoms with Crippen LogP contribution < -0.4 is 0 Å². The van der Waals surface area contributed by atoms with E-state index in [9.17, 15) is 0 Å². The molecule has 212 valence electrons. The van der Waals surface area contributed by atoms with Gasteiger partial charge in [0.1, 0.15) is 11.2 Å². The van der Waals surface area contributed by atoms with Crippen molar-refractivity contribution in [2.45, 2.75) is 0 Å². The molecule has 3 aromatic heterocycles. The maximum atomic E-state index is 6.29. The molecular formula is C42H23N3O. The quantitative estimate of drug-likeness (QED) is 0.203. The Labute approximate surface area is 262 Å². The van der Waals surface area contributed by atoms with Gasteiger partial charge in [0.25, 0.3) is 0 Å². The molecule has 0 fully saturated rings. The van der Waals surface area contributed by atoms with E-state index >= 15 is 0 Å². The van der Waals surface area contributed by atoms with Gasteiger partial charge in [-0.05, 0) is 69.4 Å². The summed E-state index contributed by atoms with van der Waals surface area (Å²) in [6.07, 6.45) is 0. The third-order valence-corrected chi connectivity index (χ3v) is 9.75. The fourth-order valence-corrected chi connectivity index (χ4v) is 7.82. The molecule has 0 amide bonds. The van der Waals surface area contributed by atoms with Crippen LogP contribution in [-0.2, 0) is 0 Å². The van der Waals surface area contributed by atoms with Gasteiger partial charge in [-0.15, -0.1) is 0 Å². The summed E-state index contributed by atoms with van der Waals surface area (Å²) in [7, 11) is 0. The summed E-state index contributed by atoms with van der Waals surface area (Å²) < 4.78 is 8.54. The lowest BCUT2D eigenvalue weighted by Gasteiger charge is -2.14. The van der Waals surface area contributed by atoms with Gasteiger partial charge in [-0.1, -0.05) is 103 Å². The average Bonchev–Trinajstić information content (AvgIpc) is 3.62. The molecular weight excluding hydrogens is 562 g/mol. The summed E-state index contributed by atoms with van der Waals surface area (Å²) in [5.74, 6) is 0.653. The van der Waals surface area contributed by atoms with Crippen molar-refractivity contribution in [2.75, 3.05) is 0 Å². The molecule has 0 spiro atoms. The minimum Gasteiger partial charge on any atom is -0.456 e. The molecule has 1 aliphatic carbocycles. The van der Waals surface area contributed by atoms with Crippen LogP contribution in [0, 0.1) is 0 Å². The van der Waals surface area contributed by atoms with Gasteiger partial charge in [-0.25, -0.2) is 9.97 Å². The minimum atomic E-state index is 0.653. The zero-order valence-electron chi connectivity index (χ0n) is 24.5. The Morgan fingerprint density at radius 2 is 1.07 bits per heavy atom. The van der Waals surface area contributed by atoms with E-state index in [1.54, 1.807) is 0 Å². The SMILES string of the molecule is c1cc2c3c(cccc3c1)-c1cccc3c1c1c-2cccc1n3-c1nc(-c2ccc3c(c2)oc2ccccc23)c2ccccc2n1. The molecule has 7 aromatic carbocycles. The van der Waals surface area contributed by atoms with Gasteiger partial charge < -0.3 is 4.42 Å². The van der Waals surface area contributed by atoms with Crippen molar-refractivity contribution in [3.8, 4) is 39.5 Å². The zero-order valence-corrected chi connectivity index (χ0v) is 24.5. The Bertz CT molecular complexity index is 2830. The number of rotatable bonds is 2. The molecule has 0 bridgehead atoms. The molecule has 0 saturated carbocycles. The van der Waals surface area contributed by atoms with Gasteiger partial charge in [0.05, 0.1) is 22.2 Å². The molecule has 46 heavy (non-hydrogen) atoms. The third kappa shape index (κ3) is 3.07. The van der Waals surface area contributed by atoms with Crippen molar-refractivity contribution >= 4 is 65.4 Å². The smallest absolute Gasteiger partial charge is 0.235 e. The van der Waals surface area contributed by atoms with E-state index in [0.29, 0.717) is 5.95 Å². The highest BCUT2D eigenvalue weighted by Crippen LogP contribution is 2.49. The lowest BCUT2D eigenvalue weighted by atomic mass is 9.93. The topological polar surface area (TPSA) is 43.9 Å². The number of benzene rings is 7. The van der Waals surface area contributed by atoms with Gasteiger partial charge in [0.15, 0.2) is 0 Å². The molecule has 4 nitrogen and oxygen atoms in total. The van der Waals surface area contributed by atoms with Crippen molar-refractivity contribution in [1.29, 1.82) is 0 Å². The van der Waals surface area contributed by atoms with Crippen molar-refractivity contribution in [3.63, 3.8) is 0 Å². The molecule has 1 aliphatic rings. The van der Waals surface area contributed by atoms with Crippen LogP contribution in [0.15, 0.2) is 144 Å². The molecule has 0 radical (unpaired) electrons. The zero-order chi connectivity index (χ0) is 29.9. The number of aromatic nitrogens is 3. The highest BCUT2D eigenvalue weighted by molar-refractivity contribution is 6.27. The Kier molecular flexibility index (Phi) is 4.55. The Morgan fingerprint density at radius 3 is 1.80 bits per heavy atom. The van der Waals surface area contributed by atoms with Gasteiger partial charge in [0.2, 0.25) is 5.95 Å². The van der Waals surface area contributed by atoms with Crippen LogP contribution in [0.5, 0.6) is 0 Å². The number of fused-ring (bicyclic) bond motifs is 6. The van der Waals surface area contributed by atoms with E-state index in [0.717, 1.165) is 55.1 Å². The molecule has 10 aromatic rings. The number of nitrogens with zero attached hydrogens (tertiary/aromatic N) is 3. The molecule has 4 heteroatoms. The predicted molar refractivity (Wildman–Crippen MR) is 189 cm³/mol. The van der Waals surface area contributed by atoms with Gasteiger partial charge in [0, 0.05) is 32.5 Å². The first-order chi connectivity index (χ1) is 22.8. The number of para-hydroxylation sites is 2. The molecule has 0 saturated heterocycles. The highest BCUT2D eigenvalue weighted by atomic mass is 16.3. The molecule has 0 aliphatic heterocycles. The summed E-state index contributed by atoms with van der Waals surface area (Å²) in [6.45, 7) is 0. The molecule has 3 heterocycles. The Balaban J connectivity index is 1.24. The van der Waals surface area contributed by atoms with E-state index in [1.807, 2.05) is 18.2 Å². The summed E-state index contributed by atoms with van der Waals surface area (Å²) in [5.41, 5.74) is 11.7. The fraction of sp³-hybridized carbons (Fsp3) is 0. The van der Waals surface area contributed by atoms with Crippen LogP contribution in [0.1, 0.15) is 0 Å². The monoisotopic (exact) mass is 585 g/mol. The molecule has 0 atom stereocenters. The third-order valence-electron chi connectivity index (χ3n) is 9.75. The number of furan rings is 1. The summed E-state index contributed by atoms with van der Waals surface area (Å²) in [5, 5.41) is 8.25. The summed E-state index contributed by atoms with van der Waals surface area (Å²) in [6, 6.07) is 49.4. The number of hydrogen-bond donors (Lipinski definition) is 0. The van der Waals surface area contributed by atoms with E-state index < -0.39 is 0 Å². The average molecular weight is 586 g/mol. The second kappa shape index (κ2) is 8.68. The molecule has 0 unspecified atom stereocenters. The number of hydrogen-bond acceptors (Lipinski definition) is 3. The van der Waals surface area contributed by atoms with E-state index in [-0.39, 0.29) is 0 Å². The van der Waals surface area contributed by atoms with E-state index in [4.69, 9.17) is 14.4 Å². The molecule has 11 rings (SSSR count). The van der Waals surface area contributed by atoms with Crippen molar-refractivity contribution in [1.82, 2.24) is 14.5 Å². The standard InChI is InChI=1S/C42H23N3O/c1-3-17-33-32(12-1)41(25-21-22-27-26-11-2-4-20-36(26)46-37(27)23-25)44-42(43-33)45-34-18-7-15-30-28-13-5-9-24-10-6-14-29(38(24)28)31-16-8-19-35(45)40(31)39(30)34/h1-23H. The van der Waals surface area contributed by atoms with Crippen LogP contribution in [-0.4, -0.2) is 14.5 Å². The maximum absolute atomic E-state index is 6.29. The lowest BCUT2D eigenvalue weighted by molar-refractivity contribution is 0.669. The Hall–Kier alpha value is -6.26. The Morgan fingerprint density at radius 1 is 0.457 bits per heavy atom. The van der Waals surface area contributed by atoms with Crippen LogP contribution in [0.4, 0.5) is 0 Å². The van der Waals surface area contributed by atoms with Gasteiger partial charge in [-0.2, -0.15) is 0 Å². The second-order valence-electron chi connectivity index (χ2n) is 12.1. The highest BCUT2D eigenvalue weighted by Gasteiger charge is 2.25. The van der Waals surface area contributed by atoms with Crippen LogP contribution >= 0.6 is 0 Å². The first-order valence-corrected chi connectivity index (χ1v) is 15.6. The summed E-state index contributed by atoms with van der Waals surface area (Å²) >= 11 is 0. The summed E-state index contributed by atoms with van der Waals surface area (Å²) in [4.78, 5) is 10.6. The molecule has 0 N–H and O–H groups in total. The van der Waals surface area contributed by atoms with Gasteiger partial charge in [-0.3, -0.25) is 4.57 Å². The van der Waals surface area contributed by atoms with E-state index in [1.165, 1.54) is 43.8 Å². The van der Waals surface area contributed by atoms with Crippen molar-refractivity contribution < 1.29 is 4.42 Å². The fourth-order valence-electron chi connectivity index (χ4n) is 7.82. The first-order valence-electron chi connectivity index (χ1n) is 15.6. The first kappa shape index (κ1) is 24.1. The maximum Gasteiger partial charge on any atom is 0.235 e. The van der Waals surface area contributed by atoms with Crippen molar-refractivity contribution in [2.24, 2.45) is 0 Å². The van der Waals surface area contributed by atoms with E-state index in [2.05, 4.69) is 126 Å². The van der Waals surface area contributed by atoms with Crippen LogP contribution in [0.3, 0.4) is 0 Å². The normalized spacial score (nSPS) is 12.3. The lowest BCUT2D eigenvalue weighted by Crippen LogP contribution is -2.03. The van der Waals surface area contributed by atoms with Crippen LogP contribution in [0.25, 0.3) is 105 Å².